The van der Waals surface area contributed by atoms with Gasteiger partial charge >= 0.3 is 11.9 Å². The van der Waals surface area contributed by atoms with E-state index in [1.165, 1.54) is 0 Å². The summed E-state index contributed by atoms with van der Waals surface area (Å²) in [6.07, 6.45) is 7.06. The number of ether oxygens (including phenoxy) is 2. The lowest BCUT2D eigenvalue weighted by atomic mass is 9.44. The number of hydrogen-bond acceptors (Lipinski definition) is 8. The molecule has 0 aromatic rings. The highest BCUT2D eigenvalue weighted by Gasteiger charge is 2.66. The van der Waals surface area contributed by atoms with Crippen molar-refractivity contribution in [3.8, 4) is 0 Å². The van der Waals surface area contributed by atoms with Crippen LogP contribution < -0.4 is 5.32 Å². The number of ketones is 3. The second kappa shape index (κ2) is 11.8. The zero-order chi connectivity index (χ0) is 30.4. The van der Waals surface area contributed by atoms with Crippen molar-refractivity contribution < 1.29 is 33.4 Å². The van der Waals surface area contributed by atoms with Gasteiger partial charge in [-0.05, 0) is 100 Å². The Morgan fingerprint density at radius 3 is 2.40 bits per heavy atom. The molecule has 4 aliphatic carbocycles. The number of hydrogen-bond donors (Lipinski definition) is 1. The van der Waals surface area contributed by atoms with E-state index in [1.807, 2.05) is 13.8 Å². The molecule has 5 aliphatic rings. The first-order chi connectivity index (χ1) is 19.8. The van der Waals surface area contributed by atoms with Gasteiger partial charge in [0.2, 0.25) is 0 Å². The molecule has 0 bridgehead atoms. The number of carbonyl (C=O) groups excluding carboxylic acids is 5. The number of carbonyl (C=O) groups is 5. The van der Waals surface area contributed by atoms with Gasteiger partial charge in [0.1, 0.15) is 23.0 Å². The molecule has 1 heterocycles. The van der Waals surface area contributed by atoms with Crippen LogP contribution in [0.15, 0.2) is 0 Å². The largest absolute Gasteiger partial charge is 0.457 e. The van der Waals surface area contributed by atoms with Crippen LogP contribution in [-0.2, 0) is 33.4 Å². The molecule has 8 nitrogen and oxygen atoms in total. The number of piperidine rings is 1. The molecule has 5 fully saturated rings. The van der Waals surface area contributed by atoms with Crippen molar-refractivity contribution >= 4 is 29.3 Å². The van der Waals surface area contributed by atoms with Gasteiger partial charge in [-0.1, -0.05) is 20.8 Å². The van der Waals surface area contributed by atoms with Crippen molar-refractivity contribution in [2.75, 3.05) is 19.7 Å². The first-order valence-corrected chi connectivity index (χ1v) is 16.4. The fourth-order valence-corrected chi connectivity index (χ4v) is 10.1. The maximum Gasteiger partial charge on any atom is 0.344 e. The molecular formula is C34H51NO7. The lowest BCUT2D eigenvalue weighted by Gasteiger charge is -2.58. The van der Waals surface area contributed by atoms with Crippen LogP contribution in [0.2, 0.25) is 0 Å². The second-order valence-corrected chi connectivity index (χ2v) is 15.2. The van der Waals surface area contributed by atoms with Gasteiger partial charge in [-0.25, -0.2) is 4.79 Å². The summed E-state index contributed by atoms with van der Waals surface area (Å²) in [6.45, 7) is 11.7. The Labute approximate surface area is 250 Å². The maximum atomic E-state index is 14.0. The van der Waals surface area contributed by atoms with Crippen LogP contribution in [0.3, 0.4) is 0 Å². The summed E-state index contributed by atoms with van der Waals surface area (Å²) in [5, 5.41) is 3.32. The van der Waals surface area contributed by atoms with E-state index in [0.717, 1.165) is 45.2 Å². The number of nitrogens with one attached hydrogen (secondary N) is 1. The van der Waals surface area contributed by atoms with Crippen LogP contribution >= 0.6 is 0 Å². The van der Waals surface area contributed by atoms with Crippen molar-refractivity contribution in [2.24, 2.45) is 52.3 Å². The van der Waals surface area contributed by atoms with E-state index in [-0.39, 0.29) is 77.2 Å². The van der Waals surface area contributed by atoms with E-state index in [9.17, 15) is 24.0 Å². The first-order valence-electron chi connectivity index (χ1n) is 16.4. The van der Waals surface area contributed by atoms with E-state index in [0.29, 0.717) is 32.1 Å². The molecular weight excluding hydrogens is 534 g/mol. The van der Waals surface area contributed by atoms with Gasteiger partial charge in [0.15, 0.2) is 6.61 Å². The molecule has 0 unspecified atom stereocenters. The molecule has 4 saturated carbocycles. The van der Waals surface area contributed by atoms with Crippen molar-refractivity contribution in [3.63, 3.8) is 0 Å². The molecule has 0 aromatic carbocycles. The Balaban J connectivity index is 1.15. The number of esters is 2. The zero-order valence-electron chi connectivity index (χ0n) is 26.3. The third-order valence-electron chi connectivity index (χ3n) is 12.8. The van der Waals surface area contributed by atoms with Crippen LogP contribution in [0.1, 0.15) is 105 Å². The van der Waals surface area contributed by atoms with Gasteiger partial charge in [0.25, 0.3) is 0 Å². The molecule has 0 aromatic heterocycles. The maximum absolute atomic E-state index is 14.0. The van der Waals surface area contributed by atoms with Crippen molar-refractivity contribution in [3.05, 3.63) is 0 Å². The first kappa shape index (κ1) is 31.3. The Hall–Kier alpha value is -2.09. The summed E-state index contributed by atoms with van der Waals surface area (Å²) in [5.41, 5.74) is -1.30. The van der Waals surface area contributed by atoms with E-state index in [4.69, 9.17) is 9.47 Å². The molecule has 0 amide bonds. The van der Waals surface area contributed by atoms with Crippen LogP contribution in [0, 0.1) is 52.3 Å². The van der Waals surface area contributed by atoms with Crippen molar-refractivity contribution in [1.82, 2.24) is 5.32 Å². The average Bonchev–Trinajstić information content (AvgIpc) is 3.31. The molecule has 42 heavy (non-hydrogen) atoms. The summed E-state index contributed by atoms with van der Waals surface area (Å²) < 4.78 is 11.0. The third-order valence-corrected chi connectivity index (χ3v) is 12.8. The molecule has 8 atom stereocenters. The Morgan fingerprint density at radius 1 is 0.976 bits per heavy atom. The lowest BCUT2D eigenvalue weighted by Crippen LogP contribution is -2.60. The fourth-order valence-electron chi connectivity index (χ4n) is 10.1. The summed E-state index contributed by atoms with van der Waals surface area (Å²) in [5.74, 6) is 0.323. The zero-order valence-corrected chi connectivity index (χ0v) is 26.3. The summed E-state index contributed by atoms with van der Waals surface area (Å²) in [7, 11) is 0. The van der Waals surface area contributed by atoms with Gasteiger partial charge in [0, 0.05) is 49.4 Å². The summed E-state index contributed by atoms with van der Waals surface area (Å²) in [4.78, 5) is 64.8. The highest BCUT2D eigenvalue weighted by Crippen LogP contribution is 2.66. The monoisotopic (exact) mass is 585 g/mol. The number of fused-ring (bicyclic) bond motifs is 5. The standard InChI is InChI=1S/C34H51NO7/c1-20(6-9-29(39)41-19-30(40)42-32(2,3)21-11-14-35-15-12-21)24-7-8-25-31-26(18-28(38)34(24,25)5)33(4)13-10-23(36)16-22(33)17-27(31)37/h20-22,24-26,31,35H,6-19H2,1-5H3/t20-,22+,24-,25+,26+,31+,33+,34-/m1/s1. The molecule has 1 aliphatic heterocycles. The highest BCUT2D eigenvalue weighted by atomic mass is 16.6. The topological polar surface area (TPSA) is 116 Å². The Kier molecular flexibility index (Phi) is 8.79. The molecule has 8 heteroatoms. The van der Waals surface area contributed by atoms with Gasteiger partial charge in [-0.3, -0.25) is 19.2 Å². The molecule has 0 spiro atoms. The van der Waals surface area contributed by atoms with Crippen molar-refractivity contribution in [2.45, 2.75) is 111 Å². The average molecular weight is 586 g/mol. The molecule has 0 radical (unpaired) electrons. The van der Waals surface area contributed by atoms with Crippen LogP contribution in [0.4, 0.5) is 0 Å². The van der Waals surface area contributed by atoms with E-state index < -0.39 is 23.0 Å². The lowest BCUT2D eigenvalue weighted by molar-refractivity contribution is -0.173. The van der Waals surface area contributed by atoms with Gasteiger partial charge in [0.05, 0.1) is 0 Å². The highest BCUT2D eigenvalue weighted by molar-refractivity contribution is 5.93. The quantitative estimate of drug-likeness (QED) is 0.402. The molecule has 1 saturated heterocycles. The number of rotatable bonds is 8. The minimum atomic E-state index is -0.605. The third kappa shape index (κ3) is 5.61. The summed E-state index contributed by atoms with van der Waals surface area (Å²) in [6, 6.07) is 0. The minimum Gasteiger partial charge on any atom is -0.457 e. The molecule has 234 valence electrons. The predicted octanol–water partition coefficient (Wildman–Crippen LogP) is 4.85. The Morgan fingerprint density at radius 2 is 1.69 bits per heavy atom. The fraction of sp³-hybridized carbons (Fsp3) is 0.853. The predicted molar refractivity (Wildman–Crippen MR) is 156 cm³/mol. The van der Waals surface area contributed by atoms with E-state index >= 15 is 0 Å². The van der Waals surface area contributed by atoms with E-state index in [1.54, 1.807) is 0 Å². The minimum absolute atomic E-state index is 0.0316. The van der Waals surface area contributed by atoms with Crippen molar-refractivity contribution in [1.29, 1.82) is 0 Å². The van der Waals surface area contributed by atoms with Crippen LogP contribution in [0.25, 0.3) is 0 Å². The van der Waals surface area contributed by atoms with Gasteiger partial charge in [-0.15, -0.1) is 0 Å². The second-order valence-electron chi connectivity index (χ2n) is 15.2. The summed E-state index contributed by atoms with van der Waals surface area (Å²) >= 11 is 0. The number of Topliss-reactive ketones (excluding diaryl/α,β-unsaturated/α-hetero) is 3. The Bertz CT molecular complexity index is 1110. The normalized spacial score (nSPS) is 37.8. The van der Waals surface area contributed by atoms with Crippen LogP contribution in [-0.4, -0.2) is 54.6 Å². The molecule has 1 N–H and O–H groups in total. The van der Waals surface area contributed by atoms with E-state index in [2.05, 4.69) is 26.1 Å². The van der Waals surface area contributed by atoms with Crippen LogP contribution in [0.5, 0.6) is 0 Å². The van der Waals surface area contributed by atoms with Gasteiger partial charge < -0.3 is 14.8 Å². The van der Waals surface area contributed by atoms with Gasteiger partial charge in [-0.2, -0.15) is 0 Å². The smallest absolute Gasteiger partial charge is 0.344 e. The molecule has 5 rings (SSSR count). The SMILES string of the molecule is C[C@H](CCC(=O)OCC(=O)OC(C)(C)C1CCNCC1)[C@H]1CC[C@H]2[C@@H]3C(=O)C[C@@H]4CC(=O)CC[C@]4(C)[C@H]3CC(=O)[C@]12C.